The van der Waals surface area contributed by atoms with Crippen LogP contribution >= 0.6 is 0 Å². The van der Waals surface area contributed by atoms with Gasteiger partial charge in [0.25, 0.3) is 0 Å². The van der Waals surface area contributed by atoms with Gasteiger partial charge in [0.05, 0.1) is 0 Å². The van der Waals surface area contributed by atoms with E-state index in [1.807, 2.05) is 84.9 Å². The Morgan fingerprint density at radius 1 is 0.357 bits per heavy atom. The summed E-state index contributed by atoms with van der Waals surface area (Å²) in [5, 5.41) is 0. The highest BCUT2D eigenvalue weighted by molar-refractivity contribution is 6.53. The molecule has 5 rings (SSSR count). The van der Waals surface area contributed by atoms with Gasteiger partial charge in [-0.25, -0.2) is 0 Å². The fourth-order valence-electron chi connectivity index (χ4n) is 3.80. The Kier molecular flexibility index (Phi) is 3.77. The molecule has 0 saturated heterocycles. The van der Waals surface area contributed by atoms with Crippen LogP contribution in [-0.2, 0) is 0 Å². The van der Waals surface area contributed by atoms with E-state index in [-0.39, 0.29) is 0 Å². The molecule has 2 nitrogen and oxygen atoms in total. The average Bonchev–Trinajstić information content (AvgIpc) is 2.78. The van der Waals surface area contributed by atoms with Crippen molar-refractivity contribution in [3.8, 4) is 33.4 Å². The van der Waals surface area contributed by atoms with E-state index in [4.69, 9.17) is 0 Å². The van der Waals surface area contributed by atoms with Crippen LogP contribution < -0.4 is 0 Å². The molecule has 0 bridgehead atoms. The van der Waals surface area contributed by atoms with E-state index < -0.39 is 11.6 Å². The Morgan fingerprint density at radius 2 is 0.750 bits per heavy atom. The van der Waals surface area contributed by atoms with Gasteiger partial charge in [-0.2, -0.15) is 0 Å². The molecule has 0 fully saturated rings. The van der Waals surface area contributed by atoms with Crippen LogP contribution in [0.15, 0.2) is 97.1 Å². The SMILES string of the molecule is O=C1C(=O)c2ccc(-c3ccccc3)cc2-c2cc(-c3ccccc3)ccc21. The minimum atomic E-state index is -0.436. The maximum Gasteiger partial charge on any atom is 0.234 e. The minimum absolute atomic E-state index is 0.436. The van der Waals surface area contributed by atoms with Crippen molar-refractivity contribution >= 4 is 11.6 Å². The normalized spacial score (nSPS) is 12.4. The summed E-state index contributed by atoms with van der Waals surface area (Å²) in [5.74, 6) is -0.871. The Bertz CT molecular complexity index is 1120. The van der Waals surface area contributed by atoms with Crippen molar-refractivity contribution in [3.05, 3.63) is 108 Å². The fourth-order valence-corrected chi connectivity index (χ4v) is 3.80. The van der Waals surface area contributed by atoms with Crippen molar-refractivity contribution in [3.63, 3.8) is 0 Å². The van der Waals surface area contributed by atoms with Crippen LogP contribution in [0.3, 0.4) is 0 Å². The van der Waals surface area contributed by atoms with Gasteiger partial charge < -0.3 is 0 Å². The van der Waals surface area contributed by atoms with E-state index in [1.165, 1.54) is 0 Å². The summed E-state index contributed by atoms with van der Waals surface area (Å²) in [7, 11) is 0. The molecule has 0 saturated carbocycles. The molecular formula is C26H16O2. The monoisotopic (exact) mass is 360 g/mol. The van der Waals surface area contributed by atoms with Gasteiger partial charge in [-0.3, -0.25) is 9.59 Å². The molecule has 0 atom stereocenters. The van der Waals surface area contributed by atoms with E-state index in [0.717, 1.165) is 33.4 Å². The number of rotatable bonds is 2. The van der Waals surface area contributed by atoms with Gasteiger partial charge in [0.1, 0.15) is 0 Å². The molecule has 28 heavy (non-hydrogen) atoms. The maximum absolute atomic E-state index is 12.6. The first-order valence-electron chi connectivity index (χ1n) is 9.21. The summed E-state index contributed by atoms with van der Waals surface area (Å²) in [6.45, 7) is 0. The Labute approximate surface area is 163 Å². The predicted octanol–water partition coefficient (Wildman–Crippen LogP) is 6.07. The lowest BCUT2D eigenvalue weighted by Crippen LogP contribution is -2.21. The highest BCUT2D eigenvalue weighted by atomic mass is 16.2. The fraction of sp³-hybridized carbons (Fsp3) is 0. The van der Waals surface area contributed by atoms with Crippen molar-refractivity contribution in [2.75, 3.05) is 0 Å². The van der Waals surface area contributed by atoms with Crippen molar-refractivity contribution in [1.82, 2.24) is 0 Å². The largest absolute Gasteiger partial charge is 0.285 e. The molecule has 0 heterocycles. The molecule has 1 aliphatic carbocycles. The van der Waals surface area contributed by atoms with Gasteiger partial charge in [-0.05, 0) is 57.6 Å². The molecule has 0 aliphatic heterocycles. The molecule has 2 heteroatoms. The lowest BCUT2D eigenvalue weighted by Gasteiger charge is -2.20. The second-order valence-corrected chi connectivity index (χ2v) is 6.91. The first kappa shape index (κ1) is 16.4. The summed E-state index contributed by atoms with van der Waals surface area (Å²) in [6, 6.07) is 31.5. The minimum Gasteiger partial charge on any atom is -0.285 e. The lowest BCUT2D eigenvalue weighted by atomic mass is 9.81. The van der Waals surface area contributed by atoms with Gasteiger partial charge in [0, 0.05) is 11.1 Å². The maximum atomic E-state index is 12.6. The Morgan fingerprint density at radius 3 is 1.14 bits per heavy atom. The summed E-state index contributed by atoms with van der Waals surface area (Å²) >= 11 is 0. The van der Waals surface area contributed by atoms with Crippen LogP contribution in [0.5, 0.6) is 0 Å². The molecular weight excluding hydrogens is 344 g/mol. The quantitative estimate of drug-likeness (QED) is 0.407. The Balaban J connectivity index is 1.73. The number of fused-ring (bicyclic) bond motifs is 3. The van der Waals surface area contributed by atoms with Crippen molar-refractivity contribution in [2.45, 2.75) is 0 Å². The van der Waals surface area contributed by atoms with Crippen LogP contribution in [0.2, 0.25) is 0 Å². The lowest BCUT2D eigenvalue weighted by molar-refractivity contribution is 0.0815. The van der Waals surface area contributed by atoms with Crippen molar-refractivity contribution < 1.29 is 9.59 Å². The number of Topliss-reactive ketones (excluding diaryl/α,β-unsaturated/α-hetero) is 2. The highest BCUT2D eigenvalue weighted by Crippen LogP contribution is 2.38. The number of benzene rings is 4. The number of ketones is 2. The Hall–Kier alpha value is -3.78. The standard InChI is InChI=1S/C26H16O2/c27-25-21-13-11-19(17-7-3-1-4-8-17)15-23(21)24-16-20(12-14-22(24)26(25)28)18-9-5-2-6-10-18/h1-16H. The zero-order valence-corrected chi connectivity index (χ0v) is 15.1. The smallest absolute Gasteiger partial charge is 0.234 e. The second kappa shape index (κ2) is 6.43. The number of hydrogen-bond donors (Lipinski definition) is 0. The first-order valence-corrected chi connectivity index (χ1v) is 9.21. The van der Waals surface area contributed by atoms with Crippen LogP contribution in [0.4, 0.5) is 0 Å². The topological polar surface area (TPSA) is 34.1 Å². The van der Waals surface area contributed by atoms with Crippen molar-refractivity contribution in [1.29, 1.82) is 0 Å². The zero-order valence-electron chi connectivity index (χ0n) is 15.1. The average molecular weight is 360 g/mol. The van der Waals surface area contributed by atoms with Gasteiger partial charge in [0.15, 0.2) is 0 Å². The van der Waals surface area contributed by atoms with E-state index in [9.17, 15) is 9.59 Å². The predicted molar refractivity (Wildman–Crippen MR) is 111 cm³/mol. The van der Waals surface area contributed by atoms with E-state index in [1.54, 1.807) is 12.1 Å². The van der Waals surface area contributed by atoms with Crippen LogP contribution in [-0.4, -0.2) is 11.6 Å². The third-order valence-electron chi connectivity index (χ3n) is 5.24. The zero-order chi connectivity index (χ0) is 19.1. The number of hydrogen-bond acceptors (Lipinski definition) is 2. The molecule has 0 unspecified atom stereocenters. The van der Waals surface area contributed by atoms with E-state index in [0.29, 0.717) is 11.1 Å². The summed E-state index contributed by atoms with van der Waals surface area (Å²) in [4.78, 5) is 25.3. The molecule has 0 aromatic heterocycles. The van der Waals surface area contributed by atoms with E-state index >= 15 is 0 Å². The second-order valence-electron chi connectivity index (χ2n) is 6.91. The number of carbonyl (C=O) groups excluding carboxylic acids is 2. The molecule has 0 spiro atoms. The molecule has 132 valence electrons. The summed E-state index contributed by atoms with van der Waals surface area (Å²) in [6.07, 6.45) is 0. The highest BCUT2D eigenvalue weighted by Gasteiger charge is 2.30. The molecule has 0 N–H and O–H groups in total. The van der Waals surface area contributed by atoms with E-state index in [2.05, 4.69) is 0 Å². The van der Waals surface area contributed by atoms with Crippen LogP contribution in [0, 0.1) is 0 Å². The molecule has 0 radical (unpaired) electrons. The van der Waals surface area contributed by atoms with Gasteiger partial charge in [-0.1, -0.05) is 72.8 Å². The third kappa shape index (κ3) is 2.58. The third-order valence-corrected chi connectivity index (χ3v) is 5.24. The van der Waals surface area contributed by atoms with Crippen LogP contribution in [0.25, 0.3) is 33.4 Å². The van der Waals surface area contributed by atoms with Gasteiger partial charge in [0.2, 0.25) is 11.6 Å². The molecule has 4 aromatic rings. The van der Waals surface area contributed by atoms with Crippen LogP contribution in [0.1, 0.15) is 20.7 Å². The molecule has 0 amide bonds. The molecule has 4 aromatic carbocycles. The van der Waals surface area contributed by atoms with Crippen molar-refractivity contribution in [2.24, 2.45) is 0 Å². The summed E-state index contributed by atoms with van der Waals surface area (Å²) in [5.41, 5.74) is 6.79. The summed E-state index contributed by atoms with van der Waals surface area (Å²) < 4.78 is 0. The molecule has 1 aliphatic rings. The van der Waals surface area contributed by atoms with Gasteiger partial charge in [-0.15, -0.1) is 0 Å². The first-order chi connectivity index (χ1) is 13.7. The number of carbonyl (C=O) groups is 2. The van der Waals surface area contributed by atoms with Gasteiger partial charge >= 0.3 is 0 Å².